The van der Waals surface area contributed by atoms with Gasteiger partial charge in [-0.15, -0.1) is 0 Å². The number of fused-ring (bicyclic) bond motifs is 1. The van der Waals surface area contributed by atoms with Crippen LogP contribution in [0.3, 0.4) is 0 Å². The van der Waals surface area contributed by atoms with Crippen LogP contribution in [0.1, 0.15) is 0 Å². The first kappa shape index (κ1) is 17.2. The highest BCUT2D eigenvalue weighted by atomic mass is 35.5. The molecule has 1 aromatic carbocycles. The van der Waals surface area contributed by atoms with Crippen LogP contribution in [0.15, 0.2) is 54.9 Å². The van der Waals surface area contributed by atoms with Gasteiger partial charge >= 0.3 is 0 Å². The number of imidazole rings is 1. The maximum Gasteiger partial charge on any atom is 0.178 e. The van der Waals surface area contributed by atoms with Gasteiger partial charge in [-0.1, -0.05) is 35.9 Å². The summed E-state index contributed by atoms with van der Waals surface area (Å²) in [6.45, 7) is 3.26. The Bertz CT molecular complexity index is 1120. The zero-order chi connectivity index (χ0) is 18.9. The van der Waals surface area contributed by atoms with E-state index in [0.29, 0.717) is 10.7 Å². The standard InChI is InChI=1S/C21H18ClN5O/c22-17-2-1-7-23-19(17)14-3-5-15(6-4-14)20-25-18-12-16(13-24-21(18)26-20)27-8-10-28-11-9-27/h1-7,12-13H,8-11H2,(H,24,25,26). The number of aromatic amines is 1. The molecule has 140 valence electrons. The number of H-pyrrole nitrogens is 1. The molecule has 0 spiro atoms. The van der Waals surface area contributed by atoms with Gasteiger partial charge in [0.1, 0.15) is 5.82 Å². The van der Waals surface area contributed by atoms with E-state index in [-0.39, 0.29) is 0 Å². The maximum absolute atomic E-state index is 6.25. The van der Waals surface area contributed by atoms with Gasteiger partial charge in [0, 0.05) is 30.4 Å². The van der Waals surface area contributed by atoms with E-state index in [0.717, 1.165) is 60.2 Å². The van der Waals surface area contributed by atoms with Gasteiger partial charge in [0.15, 0.2) is 5.65 Å². The molecule has 3 aromatic heterocycles. The van der Waals surface area contributed by atoms with Gasteiger partial charge in [-0.25, -0.2) is 9.97 Å². The molecule has 1 aliphatic rings. The Hall–Kier alpha value is -2.96. The second-order valence-electron chi connectivity index (χ2n) is 6.66. The van der Waals surface area contributed by atoms with Gasteiger partial charge < -0.3 is 14.6 Å². The van der Waals surface area contributed by atoms with Crippen LogP contribution in [-0.4, -0.2) is 46.2 Å². The minimum absolute atomic E-state index is 0.638. The first-order valence-corrected chi connectivity index (χ1v) is 9.55. The topological polar surface area (TPSA) is 66.9 Å². The van der Waals surface area contributed by atoms with Crippen LogP contribution >= 0.6 is 11.6 Å². The lowest BCUT2D eigenvalue weighted by Crippen LogP contribution is -2.36. The minimum atomic E-state index is 0.638. The van der Waals surface area contributed by atoms with Crippen LogP contribution in [0.2, 0.25) is 5.02 Å². The molecule has 4 heterocycles. The molecule has 5 rings (SSSR count). The second kappa shape index (κ2) is 7.22. The number of anilines is 1. The monoisotopic (exact) mass is 391 g/mol. The quantitative estimate of drug-likeness (QED) is 0.567. The fourth-order valence-corrected chi connectivity index (χ4v) is 3.63. The minimum Gasteiger partial charge on any atom is -0.378 e. The zero-order valence-electron chi connectivity index (χ0n) is 15.1. The SMILES string of the molecule is Clc1cccnc1-c1ccc(-c2nc3ncc(N4CCOCC4)cc3[nH]2)cc1. The van der Waals surface area contributed by atoms with Gasteiger partial charge in [0.2, 0.25) is 0 Å². The van der Waals surface area contributed by atoms with Crippen LogP contribution < -0.4 is 4.90 Å². The molecule has 28 heavy (non-hydrogen) atoms. The van der Waals surface area contributed by atoms with Gasteiger partial charge in [0.05, 0.1) is 41.3 Å². The van der Waals surface area contributed by atoms with Crippen molar-refractivity contribution in [2.75, 3.05) is 31.2 Å². The van der Waals surface area contributed by atoms with E-state index in [1.807, 2.05) is 42.6 Å². The molecule has 0 radical (unpaired) electrons. The lowest BCUT2D eigenvalue weighted by Gasteiger charge is -2.28. The van der Waals surface area contributed by atoms with E-state index < -0.39 is 0 Å². The van der Waals surface area contributed by atoms with Gasteiger partial charge in [-0.3, -0.25) is 4.98 Å². The summed E-state index contributed by atoms with van der Waals surface area (Å²) in [6.07, 6.45) is 3.62. The van der Waals surface area contributed by atoms with Gasteiger partial charge in [-0.05, 0) is 18.2 Å². The summed E-state index contributed by atoms with van der Waals surface area (Å²) in [5, 5.41) is 0.638. The summed E-state index contributed by atoms with van der Waals surface area (Å²) in [5.74, 6) is 0.792. The van der Waals surface area contributed by atoms with Crippen molar-refractivity contribution in [3.8, 4) is 22.6 Å². The lowest BCUT2D eigenvalue weighted by molar-refractivity contribution is 0.122. The number of ether oxygens (including phenoxy) is 1. The molecule has 0 unspecified atom stereocenters. The largest absolute Gasteiger partial charge is 0.378 e. The van der Waals surface area contributed by atoms with Crippen LogP contribution in [-0.2, 0) is 4.74 Å². The highest BCUT2D eigenvalue weighted by molar-refractivity contribution is 6.33. The number of benzene rings is 1. The van der Waals surface area contributed by atoms with E-state index in [1.54, 1.807) is 6.20 Å². The highest BCUT2D eigenvalue weighted by Crippen LogP contribution is 2.28. The zero-order valence-corrected chi connectivity index (χ0v) is 15.9. The summed E-state index contributed by atoms with van der Waals surface area (Å²) < 4.78 is 5.42. The van der Waals surface area contributed by atoms with Crippen molar-refractivity contribution >= 4 is 28.5 Å². The third kappa shape index (κ3) is 3.21. The molecule has 0 amide bonds. The molecule has 1 saturated heterocycles. The number of hydrogen-bond acceptors (Lipinski definition) is 5. The van der Waals surface area contributed by atoms with Gasteiger partial charge in [0.25, 0.3) is 0 Å². The van der Waals surface area contributed by atoms with E-state index in [2.05, 4.69) is 30.9 Å². The third-order valence-electron chi connectivity index (χ3n) is 4.89. The number of pyridine rings is 2. The summed E-state index contributed by atoms with van der Waals surface area (Å²) >= 11 is 6.25. The number of aromatic nitrogens is 4. The van der Waals surface area contributed by atoms with Crippen molar-refractivity contribution in [3.05, 3.63) is 59.9 Å². The Kier molecular flexibility index (Phi) is 4.43. The van der Waals surface area contributed by atoms with Crippen molar-refractivity contribution in [2.45, 2.75) is 0 Å². The molecule has 0 atom stereocenters. The number of nitrogens with zero attached hydrogens (tertiary/aromatic N) is 4. The molecule has 1 N–H and O–H groups in total. The Morgan fingerprint density at radius 3 is 2.57 bits per heavy atom. The van der Waals surface area contributed by atoms with Crippen LogP contribution in [0.25, 0.3) is 33.8 Å². The van der Waals surface area contributed by atoms with E-state index in [4.69, 9.17) is 16.3 Å². The van der Waals surface area contributed by atoms with E-state index in [9.17, 15) is 0 Å². The molecule has 0 aliphatic carbocycles. The van der Waals surface area contributed by atoms with Crippen molar-refractivity contribution in [1.82, 2.24) is 19.9 Å². The van der Waals surface area contributed by atoms with Crippen LogP contribution in [0.4, 0.5) is 5.69 Å². The Morgan fingerprint density at radius 1 is 1.00 bits per heavy atom. The number of hydrogen-bond donors (Lipinski definition) is 1. The van der Waals surface area contributed by atoms with Crippen molar-refractivity contribution in [3.63, 3.8) is 0 Å². The van der Waals surface area contributed by atoms with Crippen molar-refractivity contribution in [1.29, 1.82) is 0 Å². The fraction of sp³-hybridized carbons (Fsp3) is 0.190. The number of nitrogens with one attached hydrogen (secondary N) is 1. The van der Waals surface area contributed by atoms with Crippen LogP contribution in [0.5, 0.6) is 0 Å². The number of morpholine rings is 1. The average molecular weight is 392 g/mol. The van der Waals surface area contributed by atoms with Gasteiger partial charge in [-0.2, -0.15) is 0 Å². The average Bonchev–Trinajstić information content (AvgIpc) is 3.18. The summed E-state index contributed by atoms with van der Waals surface area (Å²) in [5.41, 5.74) is 5.46. The second-order valence-corrected chi connectivity index (χ2v) is 7.07. The number of halogens is 1. The molecular weight excluding hydrogens is 374 g/mol. The molecule has 0 saturated carbocycles. The normalized spacial score (nSPS) is 14.5. The third-order valence-corrected chi connectivity index (χ3v) is 5.19. The fourth-order valence-electron chi connectivity index (χ4n) is 3.40. The lowest BCUT2D eigenvalue weighted by atomic mass is 10.1. The number of rotatable bonds is 3. The maximum atomic E-state index is 6.25. The predicted molar refractivity (Wildman–Crippen MR) is 111 cm³/mol. The van der Waals surface area contributed by atoms with Crippen LogP contribution in [0, 0.1) is 0 Å². The van der Waals surface area contributed by atoms with Crippen molar-refractivity contribution < 1.29 is 4.74 Å². The molecule has 6 nitrogen and oxygen atoms in total. The summed E-state index contributed by atoms with van der Waals surface area (Å²) in [4.78, 5) is 19.2. The highest BCUT2D eigenvalue weighted by Gasteiger charge is 2.14. The van der Waals surface area contributed by atoms with E-state index >= 15 is 0 Å². The molecular formula is C21H18ClN5O. The Balaban J connectivity index is 1.45. The smallest absolute Gasteiger partial charge is 0.178 e. The Morgan fingerprint density at radius 2 is 1.79 bits per heavy atom. The first-order valence-electron chi connectivity index (χ1n) is 9.18. The summed E-state index contributed by atoms with van der Waals surface area (Å²) in [7, 11) is 0. The summed E-state index contributed by atoms with van der Waals surface area (Å²) in [6, 6.07) is 13.8. The molecule has 1 fully saturated rings. The van der Waals surface area contributed by atoms with Crippen molar-refractivity contribution in [2.24, 2.45) is 0 Å². The Labute approximate surface area is 167 Å². The first-order chi connectivity index (χ1) is 13.8. The molecule has 0 bridgehead atoms. The predicted octanol–water partition coefficient (Wildman–Crippen LogP) is 4.18. The molecule has 7 heteroatoms. The molecule has 1 aliphatic heterocycles. The molecule has 4 aromatic rings. The van der Waals surface area contributed by atoms with E-state index in [1.165, 1.54) is 0 Å².